The number of benzene rings is 1. The van der Waals surface area contributed by atoms with Crippen molar-refractivity contribution in [2.24, 2.45) is 0 Å². The first-order chi connectivity index (χ1) is 12.6. The van der Waals surface area contributed by atoms with Crippen molar-refractivity contribution in [3.8, 4) is 5.75 Å². The zero-order chi connectivity index (χ0) is 18.1. The molecule has 0 amide bonds. The van der Waals surface area contributed by atoms with Crippen molar-refractivity contribution in [1.82, 2.24) is 20.1 Å². The van der Waals surface area contributed by atoms with Crippen LogP contribution in [0.2, 0.25) is 0 Å². The number of hydrogen-bond acceptors (Lipinski definition) is 8. The average molecular weight is 352 g/mol. The molecule has 2 heterocycles. The summed E-state index contributed by atoms with van der Waals surface area (Å²) in [4.78, 5) is 13.3. The molecular formula is C18H20N6O2. The lowest BCUT2D eigenvalue weighted by Crippen LogP contribution is -2.10. The van der Waals surface area contributed by atoms with Gasteiger partial charge in [0.25, 0.3) is 0 Å². The van der Waals surface area contributed by atoms with Crippen LogP contribution in [0.5, 0.6) is 5.75 Å². The van der Waals surface area contributed by atoms with Gasteiger partial charge in [-0.3, -0.25) is 0 Å². The summed E-state index contributed by atoms with van der Waals surface area (Å²) in [6.45, 7) is 3.84. The van der Waals surface area contributed by atoms with Crippen LogP contribution in [0.3, 0.4) is 0 Å². The predicted octanol–water partition coefficient (Wildman–Crippen LogP) is 3.67. The van der Waals surface area contributed by atoms with E-state index in [0.29, 0.717) is 29.3 Å². The number of hydrogen-bond donors (Lipinski definition) is 3. The molecule has 1 aromatic carbocycles. The standard InChI is InChI=1S/C18H20N6O2/c1-10-8-15(20-11(2)17-23-16(24-26-17)12-6-7-12)22-18(19-10)21-13-4-3-5-14(25)9-13/h3-5,8-9,11-12,25H,6-7H2,1-2H3,(H2,19,20,21,22)/t11-/m0/s1. The van der Waals surface area contributed by atoms with Gasteiger partial charge in [-0.15, -0.1) is 0 Å². The lowest BCUT2D eigenvalue weighted by Gasteiger charge is -2.13. The van der Waals surface area contributed by atoms with Crippen LogP contribution in [0.4, 0.5) is 17.5 Å². The van der Waals surface area contributed by atoms with Gasteiger partial charge in [-0.25, -0.2) is 4.98 Å². The lowest BCUT2D eigenvalue weighted by molar-refractivity contribution is 0.362. The summed E-state index contributed by atoms with van der Waals surface area (Å²) in [5.74, 6) is 3.06. The molecule has 1 atom stereocenters. The van der Waals surface area contributed by atoms with Crippen LogP contribution in [0.15, 0.2) is 34.9 Å². The molecule has 1 saturated carbocycles. The molecule has 4 rings (SSSR count). The van der Waals surface area contributed by atoms with E-state index < -0.39 is 0 Å². The van der Waals surface area contributed by atoms with Gasteiger partial charge < -0.3 is 20.3 Å². The molecule has 1 aliphatic rings. The Morgan fingerprint density at radius 3 is 2.81 bits per heavy atom. The highest BCUT2D eigenvalue weighted by Gasteiger charge is 2.29. The molecule has 3 N–H and O–H groups in total. The van der Waals surface area contributed by atoms with Crippen molar-refractivity contribution in [3.63, 3.8) is 0 Å². The van der Waals surface area contributed by atoms with Gasteiger partial charge in [0, 0.05) is 29.4 Å². The topological polar surface area (TPSA) is 109 Å². The van der Waals surface area contributed by atoms with E-state index in [1.54, 1.807) is 18.2 Å². The summed E-state index contributed by atoms with van der Waals surface area (Å²) >= 11 is 0. The van der Waals surface area contributed by atoms with Crippen LogP contribution >= 0.6 is 0 Å². The Morgan fingerprint density at radius 2 is 2.04 bits per heavy atom. The number of anilines is 3. The first-order valence-electron chi connectivity index (χ1n) is 8.58. The third-order valence-electron chi connectivity index (χ3n) is 4.09. The highest BCUT2D eigenvalue weighted by molar-refractivity contribution is 5.57. The molecule has 0 aliphatic heterocycles. The van der Waals surface area contributed by atoms with Gasteiger partial charge >= 0.3 is 0 Å². The fourth-order valence-electron chi connectivity index (χ4n) is 2.63. The van der Waals surface area contributed by atoms with Crippen molar-refractivity contribution in [2.45, 2.75) is 38.6 Å². The third-order valence-corrected chi connectivity index (χ3v) is 4.09. The second-order valence-corrected chi connectivity index (χ2v) is 6.52. The van der Waals surface area contributed by atoms with E-state index in [1.807, 2.05) is 26.0 Å². The first kappa shape index (κ1) is 16.3. The maximum absolute atomic E-state index is 9.57. The molecule has 8 heteroatoms. The fraction of sp³-hybridized carbons (Fsp3) is 0.333. The summed E-state index contributed by atoms with van der Waals surface area (Å²) in [5, 5.41) is 20.0. The summed E-state index contributed by atoms with van der Waals surface area (Å²) in [7, 11) is 0. The first-order valence-corrected chi connectivity index (χ1v) is 8.58. The number of nitrogens with zero attached hydrogens (tertiary/aromatic N) is 4. The summed E-state index contributed by atoms with van der Waals surface area (Å²) in [6.07, 6.45) is 2.27. The smallest absolute Gasteiger partial charge is 0.248 e. The highest BCUT2D eigenvalue weighted by atomic mass is 16.5. The van der Waals surface area contributed by atoms with Crippen molar-refractivity contribution in [1.29, 1.82) is 0 Å². The normalized spacial score (nSPS) is 14.8. The Morgan fingerprint density at radius 1 is 1.19 bits per heavy atom. The number of aryl methyl sites for hydroxylation is 1. The molecule has 0 unspecified atom stereocenters. The Hall–Kier alpha value is -3.16. The SMILES string of the molecule is Cc1cc(N[C@@H](C)c2nc(C3CC3)no2)nc(Nc2cccc(O)c2)n1. The molecule has 0 bridgehead atoms. The van der Waals surface area contributed by atoms with E-state index in [1.165, 1.54) is 0 Å². The van der Waals surface area contributed by atoms with Gasteiger partial charge in [-0.2, -0.15) is 9.97 Å². The summed E-state index contributed by atoms with van der Waals surface area (Å²) in [5.41, 5.74) is 1.52. The maximum Gasteiger partial charge on any atom is 0.248 e. The van der Waals surface area contributed by atoms with Crippen molar-refractivity contribution < 1.29 is 9.63 Å². The van der Waals surface area contributed by atoms with E-state index in [9.17, 15) is 5.11 Å². The monoisotopic (exact) mass is 352 g/mol. The number of phenols is 1. The van der Waals surface area contributed by atoms with Crippen LogP contribution in [-0.4, -0.2) is 25.2 Å². The van der Waals surface area contributed by atoms with E-state index in [0.717, 1.165) is 24.4 Å². The van der Waals surface area contributed by atoms with E-state index in [4.69, 9.17) is 4.52 Å². The lowest BCUT2D eigenvalue weighted by atomic mass is 10.3. The molecule has 26 heavy (non-hydrogen) atoms. The highest BCUT2D eigenvalue weighted by Crippen LogP contribution is 2.38. The maximum atomic E-state index is 9.57. The molecule has 0 saturated heterocycles. The van der Waals surface area contributed by atoms with Gasteiger partial charge in [-0.1, -0.05) is 11.2 Å². The fourth-order valence-corrected chi connectivity index (χ4v) is 2.63. The van der Waals surface area contributed by atoms with Gasteiger partial charge in [0.05, 0.1) is 0 Å². The molecule has 2 aromatic heterocycles. The van der Waals surface area contributed by atoms with Crippen LogP contribution < -0.4 is 10.6 Å². The molecule has 1 fully saturated rings. The Bertz CT molecular complexity index is 922. The quantitative estimate of drug-likeness (QED) is 0.616. The van der Waals surface area contributed by atoms with Crippen molar-refractivity contribution in [3.05, 3.63) is 47.7 Å². The van der Waals surface area contributed by atoms with E-state index >= 15 is 0 Å². The van der Waals surface area contributed by atoms with Crippen molar-refractivity contribution in [2.75, 3.05) is 10.6 Å². The Labute approximate surface area is 150 Å². The molecular weight excluding hydrogens is 332 g/mol. The van der Waals surface area contributed by atoms with E-state index in [2.05, 4.69) is 30.7 Å². The molecule has 134 valence electrons. The second kappa shape index (κ2) is 6.62. The Kier molecular flexibility index (Phi) is 4.16. The van der Waals surface area contributed by atoms with Crippen LogP contribution in [0.25, 0.3) is 0 Å². The Balaban J connectivity index is 1.49. The van der Waals surface area contributed by atoms with Gasteiger partial charge in [0.1, 0.15) is 17.6 Å². The molecule has 1 aliphatic carbocycles. The average Bonchev–Trinajstić information content (AvgIpc) is 3.31. The van der Waals surface area contributed by atoms with Gasteiger partial charge in [-0.05, 0) is 38.8 Å². The minimum atomic E-state index is -0.169. The predicted molar refractivity (Wildman–Crippen MR) is 96.5 cm³/mol. The van der Waals surface area contributed by atoms with Gasteiger partial charge in [0.15, 0.2) is 5.82 Å². The molecule has 0 radical (unpaired) electrons. The zero-order valence-electron chi connectivity index (χ0n) is 14.6. The number of aromatic hydroxyl groups is 1. The minimum Gasteiger partial charge on any atom is -0.508 e. The number of aromatic nitrogens is 4. The second-order valence-electron chi connectivity index (χ2n) is 6.52. The van der Waals surface area contributed by atoms with Crippen LogP contribution in [-0.2, 0) is 0 Å². The molecule has 3 aromatic rings. The van der Waals surface area contributed by atoms with Crippen LogP contribution in [0.1, 0.15) is 49.1 Å². The van der Waals surface area contributed by atoms with Gasteiger partial charge in [0.2, 0.25) is 11.8 Å². The third kappa shape index (κ3) is 3.74. The zero-order valence-corrected chi connectivity index (χ0v) is 14.6. The summed E-state index contributed by atoms with van der Waals surface area (Å²) in [6, 6.07) is 8.48. The number of rotatable bonds is 6. The van der Waals surface area contributed by atoms with Crippen LogP contribution in [0, 0.1) is 6.92 Å². The molecule has 0 spiro atoms. The minimum absolute atomic E-state index is 0.169. The number of nitrogens with one attached hydrogen (secondary N) is 2. The van der Waals surface area contributed by atoms with Crippen molar-refractivity contribution >= 4 is 17.5 Å². The largest absolute Gasteiger partial charge is 0.508 e. The summed E-state index contributed by atoms with van der Waals surface area (Å²) < 4.78 is 5.36. The number of phenolic OH excluding ortho intramolecular Hbond substituents is 1. The molecule has 8 nitrogen and oxygen atoms in total. The van der Waals surface area contributed by atoms with E-state index in [-0.39, 0.29) is 11.8 Å².